The fourth-order valence-corrected chi connectivity index (χ4v) is 8.76. The first-order valence-corrected chi connectivity index (χ1v) is 20.7. The first-order chi connectivity index (χ1) is 27.9. The van der Waals surface area contributed by atoms with Crippen molar-refractivity contribution in [3.05, 3.63) is 117 Å². The van der Waals surface area contributed by atoms with E-state index < -0.39 is 0 Å². The van der Waals surface area contributed by atoms with Crippen molar-refractivity contribution in [3.8, 4) is 0 Å². The van der Waals surface area contributed by atoms with Gasteiger partial charge in [0.15, 0.2) is 22.6 Å². The van der Waals surface area contributed by atoms with E-state index in [0.29, 0.717) is 34.5 Å². The van der Waals surface area contributed by atoms with Crippen LogP contribution in [0.3, 0.4) is 0 Å². The molecule has 0 amide bonds. The zero-order chi connectivity index (χ0) is 38.5. The number of hydrogen-bond acceptors (Lipinski definition) is 13. The number of furan rings is 2. The van der Waals surface area contributed by atoms with Crippen molar-refractivity contribution >= 4 is 75.0 Å². The molecule has 0 atom stereocenters. The molecule has 0 radical (unpaired) electrons. The lowest BCUT2D eigenvalue weighted by Crippen LogP contribution is -2.42. The Morgan fingerprint density at radius 2 is 1.21 bits per heavy atom. The van der Waals surface area contributed by atoms with Crippen LogP contribution in [0.25, 0.3) is 5.70 Å². The molecule has 288 valence electrons. The molecular formula is C44H44N10O2S. The minimum atomic E-state index is 0.485. The number of amidine groups is 1. The number of nitrogens with zero attached hydrogens (tertiary/aromatic N) is 8. The first kappa shape index (κ1) is 35.2. The topological polar surface area (TPSA) is 122 Å². The molecule has 2 saturated heterocycles. The number of thiazole rings is 1. The van der Waals surface area contributed by atoms with E-state index in [4.69, 9.17) is 33.8 Å². The Morgan fingerprint density at radius 3 is 1.79 bits per heavy atom. The number of aliphatic imine (C=N–C) groups is 4. The van der Waals surface area contributed by atoms with Crippen molar-refractivity contribution in [2.24, 2.45) is 20.0 Å². The standard InChI is InChI=1S/C44H44N10O2S/c1-27-26-57-42(45-27)41-50-43-48-37(33-14-12-30(52-18-6-4-7-19-52)22-35(33)46-39-16-10-28(2)55-39)24-32-25-38(49-44(51-41)54(32)43)34-15-13-31(53-20-8-5-9-21-53)23-36(34)47-40-17-11-29(3)56-40/h10-17,22-26,46-47H,4-9,18-21H2,1-3H3. The summed E-state index contributed by atoms with van der Waals surface area (Å²) in [4.78, 5) is 32.1. The number of allylic oxidation sites excluding steroid dienone is 2. The highest BCUT2D eigenvalue weighted by atomic mass is 32.1. The molecule has 2 N–H and O–H groups in total. The number of piperidine rings is 2. The molecule has 57 heavy (non-hydrogen) atoms. The van der Waals surface area contributed by atoms with Crippen molar-refractivity contribution in [1.29, 1.82) is 0 Å². The number of nitrogens with one attached hydrogen (secondary N) is 2. The van der Waals surface area contributed by atoms with E-state index >= 15 is 0 Å². The number of anilines is 6. The summed E-state index contributed by atoms with van der Waals surface area (Å²) in [5.74, 6) is 4.48. The van der Waals surface area contributed by atoms with E-state index in [9.17, 15) is 0 Å². The van der Waals surface area contributed by atoms with Crippen LogP contribution in [0.4, 0.5) is 34.5 Å². The van der Waals surface area contributed by atoms with Crippen molar-refractivity contribution in [2.75, 3.05) is 46.6 Å². The van der Waals surface area contributed by atoms with Gasteiger partial charge in [0, 0.05) is 71.9 Å². The van der Waals surface area contributed by atoms with Gasteiger partial charge in [0.2, 0.25) is 11.9 Å². The molecule has 12 nitrogen and oxygen atoms in total. The number of rotatable bonds is 9. The molecule has 0 unspecified atom stereocenters. The second-order valence-electron chi connectivity index (χ2n) is 15.1. The molecule has 5 aliphatic rings. The second kappa shape index (κ2) is 14.7. The van der Waals surface area contributed by atoms with Crippen molar-refractivity contribution in [1.82, 2.24) is 9.88 Å². The molecule has 0 spiro atoms. The van der Waals surface area contributed by atoms with Crippen LogP contribution < -0.4 is 20.4 Å². The Labute approximate surface area is 335 Å². The van der Waals surface area contributed by atoms with Crippen LogP contribution in [0, 0.1) is 20.8 Å². The van der Waals surface area contributed by atoms with E-state index in [1.165, 1.54) is 61.2 Å². The largest absolute Gasteiger partial charge is 0.446 e. The molecule has 2 aromatic carbocycles. The van der Waals surface area contributed by atoms with Crippen LogP contribution in [-0.4, -0.2) is 59.5 Å². The lowest BCUT2D eigenvalue weighted by Gasteiger charge is -2.33. The summed E-state index contributed by atoms with van der Waals surface area (Å²) >= 11 is 1.51. The number of guanidine groups is 2. The van der Waals surface area contributed by atoms with Crippen LogP contribution >= 0.6 is 11.3 Å². The van der Waals surface area contributed by atoms with Gasteiger partial charge in [0.05, 0.1) is 28.5 Å². The molecule has 0 aliphatic carbocycles. The zero-order valence-corrected chi connectivity index (χ0v) is 33.2. The van der Waals surface area contributed by atoms with E-state index in [0.717, 1.165) is 83.0 Å². The minimum absolute atomic E-state index is 0.485. The van der Waals surface area contributed by atoms with Crippen LogP contribution in [0.5, 0.6) is 0 Å². The third-order valence-corrected chi connectivity index (χ3v) is 11.8. The highest BCUT2D eigenvalue weighted by Crippen LogP contribution is 2.39. The van der Waals surface area contributed by atoms with Gasteiger partial charge < -0.3 is 29.3 Å². The van der Waals surface area contributed by atoms with Gasteiger partial charge in [-0.1, -0.05) is 0 Å². The quantitative estimate of drug-likeness (QED) is 0.152. The van der Waals surface area contributed by atoms with Crippen molar-refractivity contribution < 1.29 is 8.83 Å². The summed E-state index contributed by atoms with van der Waals surface area (Å²) in [7, 11) is 0. The average Bonchev–Trinajstić information content (AvgIpc) is 3.98. The predicted octanol–water partition coefficient (Wildman–Crippen LogP) is 9.94. The molecule has 8 heterocycles. The Morgan fingerprint density at radius 1 is 0.614 bits per heavy atom. The Balaban J connectivity index is 1.11. The van der Waals surface area contributed by atoms with Gasteiger partial charge in [0.25, 0.3) is 0 Å². The van der Waals surface area contributed by atoms with Crippen molar-refractivity contribution in [3.63, 3.8) is 0 Å². The third kappa shape index (κ3) is 7.07. The molecular weight excluding hydrogens is 733 g/mol. The summed E-state index contributed by atoms with van der Waals surface area (Å²) in [6, 6.07) is 21.0. The van der Waals surface area contributed by atoms with Crippen LogP contribution in [-0.2, 0) is 0 Å². The van der Waals surface area contributed by atoms with Gasteiger partial charge in [-0.2, -0.15) is 9.98 Å². The normalized spacial score (nSPS) is 17.9. The molecule has 10 rings (SSSR count). The highest BCUT2D eigenvalue weighted by Gasteiger charge is 2.35. The molecule has 5 aliphatic heterocycles. The molecule has 0 saturated carbocycles. The monoisotopic (exact) mass is 776 g/mol. The fourth-order valence-electron chi connectivity index (χ4n) is 8.03. The summed E-state index contributed by atoms with van der Waals surface area (Å²) in [6.07, 6.45) is 11.5. The smallest absolute Gasteiger partial charge is 0.239 e. The minimum Gasteiger partial charge on any atom is -0.446 e. The lowest BCUT2D eigenvalue weighted by atomic mass is 10.0. The number of aromatic nitrogens is 1. The van der Waals surface area contributed by atoms with E-state index in [1.807, 2.05) is 55.3 Å². The summed E-state index contributed by atoms with van der Waals surface area (Å²) in [6.45, 7) is 10.0. The Hall–Kier alpha value is -6.21. The lowest BCUT2D eigenvalue weighted by molar-refractivity contribution is 0.550. The molecule has 13 heteroatoms. The maximum atomic E-state index is 6.02. The molecule has 0 bridgehead atoms. The van der Waals surface area contributed by atoms with Gasteiger partial charge in [0.1, 0.15) is 11.5 Å². The van der Waals surface area contributed by atoms with Gasteiger partial charge in [-0.05, 0) is 120 Å². The maximum Gasteiger partial charge on any atom is 0.239 e. The Bertz CT molecular complexity index is 2450. The van der Waals surface area contributed by atoms with Gasteiger partial charge >= 0.3 is 0 Å². The average molecular weight is 777 g/mol. The Kier molecular flexibility index (Phi) is 9.08. The van der Waals surface area contributed by atoms with Gasteiger partial charge in [-0.15, -0.1) is 11.3 Å². The summed E-state index contributed by atoms with van der Waals surface area (Å²) < 4.78 is 12.0. The number of hydrogen-bond donors (Lipinski definition) is 2. The van der Waals surface area contributed by atoms with Gasteiger partial charge in [-0.3, -0.25) is 0 Å². The van der Waals surface area contributed by atoms with Crippen LogP contribution in [0.15, 0.2) is 113 Å². The fraction of sp³-hybridized carbons (Fsp3) is 0.295. The highest BCUT2D eigenvalue weighted by molar-refractivity contribution is 7.11. The predicted molar refractivity (Wildman–Crippen MR) is 231 cm³/mol. The van der Waals surface area contributed by atoms with Crippen molar-refractivity contribution in [2.45, 2.75) is 59.3 Å². The van der Waals surface area contributed by atoms with Crippen LogP contribution in [0.1, 0.15) is 71.9 Å². The summed E-state index contributed by atoms with van der Waals surface area (Å²) in [5.41, 5.74) is 9.29. The van der Waals surface area contributed by atoms with Gasteiger partial charge in [-0.25, -0.2) is 19.9 Å². The SMILES string of the molecule is Cc1csc(C2=NC3=NC(c4ccc(N5CCCCC5)cc4Nc4ccc(C)o4)=CC4=CC(c5ccc(N6CCCCC6)cc5Nc5ccc(C)o5)=NC(=N2)N43)n1. The van der Waals surface area contributed by atoms with E-state index in [2.05, 4.69) is 69.0 Å². The maximum absolute atomic E-state index is 6.02. The third-order valence-electron chi connectivity index (χ3n) is 10.9. The van der Waals surface area contributed by atoms with Crippen LogP contribution in [0.2, 0.25) is 0 Å². The number of benzene rings is 2. The first-order valence-electron chi connectivity index (χ1n) is 19.9. The summed E-state index contributed by atoms with van der Waals surface area (Å²) in [5, 5.41) is 9.90. The zero-order valence-electron chi connectivity index (χ0n) is 32.4. The van der Waals surface area contributed by atoms with E-state index in [1.54, 1.807) is 0 Å². The molecule has 3 aromatic heterocycles. The molecule has 5 aromatic rings. The second-order valence-corrected chi connectivity index (χ2v) is 16.0. The molecule has 2 fully saturated rings. The number of aryl methyl sites for hydroxylation is 3. The van der Waals surface area contributed by atoms with E-state index in [-0.39, 0.29) is 0 Å².